The number of aliphatic hydroxyl groups is 2. The van der Waals surface area contributed by atoms with Gasteiger partial charge in [0, 0.05) is 0 Å². The van der Waals surface area contributed by atoms with Crippen molar-refractivity contribution in [2.45, 2.75) is 18.6 Å². The summed E-state index contributed by atoms with van der Waals surface area (Å²) in [7, 11) is 0. The number of hydrogen-bond donors (Lipinski definition) is 2. The third-order valence-corrected chi connectivity index (χ3v) is 4.96. The summed E-state index contributed by atoms with van der Waals surface area (Å²) in [5.41, 5.74) is 0.0338. The number of hydrogen-bond acceptors (Lipinski definition) is 2. The predicted octanol–water partition coefficient (Wildman–Crippen LogP) is 4.93. The second kappa shape index (κ2) is 5.99. The molecule has 0 heterocycles. The molecule has 0 aliphatic heterocycles. The van der Waals surface area contributed by atoms with Crippen molar-refractivity contribution in [3.05, 3.63) is 96.1 Å². The fourth-order valence-electron chi connectivity index (χ4n) is 3.52. The molecule has 4 aromatic rings. The Hall–Kier alpha value is -2.68. The summed E-state index contributed by atoms with van der Waals surface area (Å²) in [6.45, 7) is 1.68. The molecule has 0 amide bonds. The van der Waals surface area contributed by atoms with Gasteiger partial charge in [-0.1, -0.05) is 78.9 Å². The summed E-state index contributed by atoms with van der Waals surface area (Å²) in [5, 5.41) is 26.4. The zero-order chi connectivity index (χ0) is 17.4. The highest BCUT2D eigenvalue weighted by Gasteiger charge is 2.34. The van der Waals surface area contributed by atoms with E-state index in [-0.39, 0.29) is 0 Å². The summed E-state index contributed by atoms with van der Waals surface area (Å²) in [5.74, 6) is 0. The number of fused-ring (bicyclic) bond motifs is 2. The zero-order valence-corrected chi connectivity index (χ0v) is 14.1. The first kappa shape index (κ1) is 15.8. The van der Waals surface area contributed by atoms with E-state index in [2.05, 4.69) is 0 Å². The van der Waals surface area contributed by atoms with E-state index in [1.165, 1.54) is 0 Å². The molecule has 0 radical (unpaired) electrons. The van der Waals surface area contributed by atoms with Crippen molar-refractivity contribution in [1.82, 2.24) is 0 Å². The largest absolute Gasteiger partial charge is 0.385 e. The van der Waals surface area contributed by atoms with E-state index in [1.807, 2.05) is 84.9 Å². The van der Waals surface area contributed by atoms with Crippen LogP contribution in [0, 0.1) is 0 Å². The van der Waals surface area contributed by atoms with Gasteiger partial charge in [-0.15, -0.1) is 0 Å². The molecule has 0 saturated heterocycles. The van der Waals surface area contributed by atoms with Crippen LogP contribution < -0.4 is 0 Å². The standard InChI is InChI=1S/C23H20O2/c1-23(25,21-12-6-10-17-8-4-5-11-20(17)21)22(24)19-14-13-16-7-2-3-9-18(16)15-19/h2-15,22,24-25H,1H3. The maximum atomic E-state index is 11.2. The van der Waals surface area contributed by atoms with Crippen LogP contribution in [0.3, 0.4) is 0 Å². The van der Waals surface area contributed by atoms with Crippen LogP contribution in [0.15, 0.2) is 84.9 Å². The van der Waals surface area contributed by atoms with Gasteiger partial charge in [0.25, 0.3) is 0 Å². The summed E-state index contributed by atoms with van der Waals surface area (Å²) < 4.78 is 0. The molecule has 0 saturated carbocycles. The van der Waals surface area contributed by atoms with Gasteiger partial charge in [-0.2, -0.15) is 0 Å². The first-order valence-electron chi connectivity index (χ1n) is 8.45. The van der Waals surface area contributed by atoms with E-state index >= 15 is 0 Å². The van der Waals surface area contributed by atoms with Gasteiger partial charge < -0.3 is 10.2 Å². The van der Waals surface area contributed by atoms with Gasteiger partial charge in [-0.3, -0.25) is 0 Å². The minimum atomic E-state index is -1.40. The summed E-state index contributed by atoms with van der Waals surface area (Å²) in [6, 6.07) is 27.5. The molecule has 0 aromatic heterocycles. The Balaban J connectivity index is 1.82. The van der Waals surface area contributed by atoms with Gasteiger partial charge in [0.15, 0.2) is 0 Å². The summed E-state index contributed by atoms with van der Waals surface area (Å²) in [4.78, 5) is 0. The minimum Gasteiger partial charge on any atom is -0.385 e. The molecular formula is C23H20O2. The van der Waals surface area contributed by atoms with Crippen LogP contribution in [0.2, 0.25) is 0 Å². The summed E-state index contributed by atoms with van der Waals surface area (Å²) >= 11 is 0. The average Bonchev–Trinajstić information content (AvgIpc) is 2.66. The predicted molar refractivity (Wildman–Crippen MR) is 102 cm³/mol. The normalized spacial score (nSPS) is 15.2. The smallest absolute Gasteiger partial charge is 0.117 e. The first-order valence-corrected chi connectivity index (χ1v) is 8.45. The Bertz CT molecular complexity index is 1040. The van der Waals surface area contributed by atoms with E-state index in [0.29, 0.717) is 5.56 Å². The Labute approximate surface area is 147 Å². The molecule has 2 N–H and O–H groups in total. The van der Waals surface area contributed by atoms with Crippen molar-refractivity contribution in [1.29, 1.82) is 0 Å². The van der Waals surface area contributed by atoms with E-state index in [0.717, 1.165) is 27.1 Å². The number of aliphatic hydroxyl groups excluding tert-OH is 1. The molecule has 2 heteroatoms. The zero-order valence-electron chi connectivity index (χ0n) is 14.1. The van der Waals surface area contributed by atoms with Crippen LogP contribution in [0.25, 0.3) is 21.5 Å². The van der Waals surface area contributed by atoms with Crippen molar-refractivity contribution < 1.29 is 10.2 Å². The van der Waals surface area contributed by atoms with E-state index < -0.39 is 11.7 Å². The van der Waals surface area contributed by atoms with E-state index in [9.17, 15) is 10.2 Å². The maximum Gasteiger partial charge on any atom is 0.117 e. The third-order valence-electron chi connectivity index (χ3n) is 4.96. The van der Waals surface area contributed by atoms with Crippen LogP contribution in [0.1, 0.15) is 24.2 Å². The first-order chi connectivity index (χ1) is 12.1. The van der Waals surface area contributed by atoms with Crippen molar-refractivity contribution in [3.63, 3.8) is 0 Å². The molecule has 0 spiro atoms. The molecule has 0 bridgehead atoms. The van der Waals surface area contributed by atoms with Crippen molar-refractivity contribution in [2.75, 3.05) is 0 Å². The quantitative estimate of drug-likeness (QED) is 0.559. The molecule has 0 aliphatic carbocycles. The molecule has 2 atom stereocenters. The molecule has 4 aromatic carbocycles. The topological polar surface area (TPSA) is 40.5 Å². The fourth-order valence-corrected chi connectivity index (χ4v) is 3.52. The molecule has 4 rings (SSSR count). The van der Waals surface area contributed by atoms with Crippen LogP contribution in [0.4, 0.5) is 0 Å². The fraction of sp³-hybridized carbons (Fsp3) is 0.130. The molecule has 25 heavy (non-hydrogen) atoms. The molecule has 0 fully saturated rings. The maximum absolute atomic E-state index is 11.2. The number of rotatable bonds is 3. The molecular weight excluding hydrogens is 308 g/mol. The third kappa shape index (κ3) is 2.70. The molecule has 2 unspecified atom stereocenters. The summed E-state index contributed by atoms with van der Waals surface area (Å²) in [6.07, 6.45) is -1.03. The molecule has 0 aliphatic rings. The second-order valence-corrected chi connectivity index (χ2v) is 6.68. The Kier molecular flexibility index (Phi) is 3.79. The van der Waals surface area contributed by atoms with Crippen molar-refractivity contribution in [3.8, 4) is 0 Å². The van der Waals surface area contributed by atoms with Crippen molar-refractivity contribution >= 4 is 21.5 Å². The average molecular weight is 328 g/mol. The molecule has 2 nitrogen and oxygen atoms in total. The van der Waals surface area contributed by atoms with Gasteiger partial charge >= 0.3 is 0 Å². The minimum absolute atomic E-state index is 0.705. The van der Waals surface area contributed by atoms with Gasteiger partial charge in [0.05, 0.1) is 0 Å². The SMILES string of the molecule is CC(O)(c1cccc2ccccc12)C(O)c1ccc2ccccc2c1. The highest BCUT2D eigenvalue weighted by Crippen LogP contribution is 2.38. The lowest BCUT2D eigenvalue weighted by molar-refractivity contribution is -0.0679. The second-order valence-electron chi connectivity index (χ2n) is 6.68. The monoisotopic (exact) mass is 328 g/mol. The van der Waals surface area contributed by atoms with Crippen LogP contribution in [-0.4, -0.2) is 10.2 Å². The Morgan fingerprint density at radius 3 is 2.16 bits per heavy atom. The van der Waals surface area contributed by atoms with Crippen LogP contribution >= 0.6 is 0 Å². The van der Waals surface area contributed by atoms with Crippen molar-refractivity contribution in [2.24, 2.45) is 0 Å². The van der Waals surface area contributed by atoms with Gasteiger partial charge in [0.2, 0.25) is 0 Å². The lowest BCUT2D eigenvalue weighted by Crippen LogP contribution is -2.30. The lowest BCUT2D eigenvalue weighted by atomic mass is 9.83. The Morgan fingerprint density at radius 1 is 0.720 bits per heavy atom. The molecule has 124 valence electrons. The van der Waals surface area contributed by atoms with Crippen LogP contribution in [-0.2, 0) is 5.60 Å². The number of benzene rings is 4. The lowest BCUT2D eigenvalue weighted by Gasteiger charge is -2.31. The van der Waals surface area contributed by atoms with Gasteiger partial charge in [-0.25, -0.2) is 0 Å². The Morgan fingerprint density at radius 2 is 1.36 bits per heavy atom. The highest BCUT2D eigenvalue weighted by atomic mass is 16.3. The van der Waals surface area contributed by atoms with Gasteiger partial charge in [0.1, 0.15) is 11.7 Å². The van der Waals surface area contributed by atoms with Crippen LogP contribution in [0.5, 0.6) is 0 Å². The highest BCUT2D eigenvalue weighted by molar-refractivity contribution is 5.87. The van der Waals surface area contributed by atoms with E-state index in [1.54, 1.807) is 6.92 Å². The van der Waals surface area contributed by atoms with E-state index in [4.69, 9.17) is 0 Å². The van der Waals surface area contributed by atoms with Gasteiger partial charge in [-0.05, 0) is 45.7 Å².